The molecular formula is C45H42ClN5O6. The van der Waals surface area contributed by atoms with Gasteiger partial charge in [0.1, 0.15) is 30.8 Å². The molecule has 0 unspecified atom stereocenters. The van der Waals surface area contributed by atoms with Crippen LogP contribution in [0.2, 0.25) is 0 Å². The minimum atomic E-state index is -0.997. The highest BCUT2D eigenvalue weighted by Crippen LogP contribution is 2.45. The zero-order valence-corrected chi connectivity index (χ0v) is 31.8. The Morgan fingerprint density at radius 2 is 1.44 bits per heavy atom. The summed E-state index contributed by atoms with van der Waals surface area (Å²) in [5.41, 5.74) is 8.69. The standard InChI is InChI=1S/C45H42ClN5O6/c1-2-26-55-38-23-21-31-14-6-8-18-35(31)41(38)42-36-19-9-7-15-32(36)22-24-39(42)56-29-40(52)50-37(20-11-25-48-45(47)51-46)43(53)49-34-17-10-16-33(27-34)44(54)57-28-30-12-4-3-5-13-30/h2-10,12-19,21-24,27,37H,1,11,20,25-26,28-29H2,(H,49,53)(H,50,52)(H3,47,48,51)/t37-/m1/s1. The van der Waals surface area contributed by atoms with Gasteiger partial charge in [-0.15, -0.1) is 0 Å². The van der Waals surface area contributed by atoms with Crippen LogP contribution in [0.4, 0.5) is 5.69 Å². The van der Waals surface area contributed by atoms with Crippen molar-refractivity contribution in [1.82, 2.24) is 10.2 Å². The number of fused-ring (bicyclic) bond motifs is 2. The predicted molar refractivity (Wildman–Crippen MR) is 225 cm³/mol. The fourth-order valence-corrected chi connectivity index (χ4v) is 6.40. The Labute approximate surface area is 335 Å². The van der Waals surface area contributed by atoms with E-state index < -0.39 is 30.4 Å². The fourth-order valence-electron chi connectivity index (χ4n) is 6.34. The van der Waals surface area contributed by atoms with Gasteiger partial charge in [0.2, 0.25) is 11.9 Å². The molecular weight excluding hydrogens is 742 g/mol. The van der Waals surface area contributed by atoms with E-state index in [0.29, 0.717) is 30.2 Å². The second-order valence-corrected chi connectivity index (χ2v) is 13.2. The molecule has 0 heterocycles. The number of ether oxygens (including phenoxy) is 3. The number of anilines is 1. The number of benzene rings is 6. The maximum atomic E-state index is 13.7. The third-order valence-electron chi connectivity index (χ3n) is 9.01. The van der Waals surface area contributed by atoms with Crippen LogP contribution < -0.4 is 30.7 Å². The Morgan fingerprint density at radius 3 is 2.11 bits per heavy atom. The van der Waals surface area contributed by atoms with E-state index in [1.54, 1.807) is 24.3 Å². The lowest BCUT2D eigenvalue weighted by molar-refractivity contribution is -0.128. The summed E-state index contributed by atoms with van der Waals surface area (Å²) in [5.74, 6) is -0.454. The highest BCUT2D eigenvalue weighted by Gasteiger charge is 2.23. The number of carbonyl (C=O) groups is 3. The van der Waals surface area contributed by atoms with Gasteiger partial charge < -0.3 is 30.6 Å². The summed E-state index contributed by atoms with van der Waals surface area (Å²) in [6.45, 7) is 4.06. The lowest BCUT2D eigenvalue weighted by Crippen LogP contribution is -2.45. The molecule has 0 aromatic heterocycles. The monoisotopic (exact) mass is 783 g/mol. The van der Waals surface area contributed by atoms with Crippen LogP contribution in [0.1, 0.15) is 28.8 Å². The summed E-state index contributed by atoms with van der Waals surface area (Å²) >= 11 is 5.53. The van der Waals surface area contributed by atoms with Crippen LogP contribution in [0.5, 0.6) is 11.5 Å². The molecule has 0 bridgehead atoms. The van der Waals surface area contributed by atoms with Crippen LogP contribution in [0.3, 0.4) is 0 Å². The quantitative estimate of drug-likeness (QED) is 0.0182. The van der Waals surface area contributed by atoms with Gasteiger partial charge in [-0.25, -0.2) is 4.79 Å². The Bertz CT molecular complexity index is 2400. The second-order valence-electron chi connectivity index (χ2n) is 13.0. The van der Waals surface area contributed by atoms with Crippen LogP contribution in [0, 0.1) is 0 Å². The molecule has 0 aliphatic carbocycles. The third-order valence-corrected chi connectivity index (χ3v) is 9.20. The fraction of sp³-hybridized carbons (Fsp3) is 0.156. The highest BCUT2D eigenvalue weighted by molar-refractivity contribution is 6.21. The minimum absolute atomic E-state index is 0.0292. The molecule has 1 atom stereocenters. The zero-order valence-electron chi connectivity index (χ0n) is 31.1. The third kappa shape index (κ3) is 10.5. The molecule has 0 spiro atoms. The molecule has 2 amide bonds. The minimum Gasteiger partial charge on any atom is -0.489 e. The van der Waals surface area contributed by atoms with Gasteiger partial charge in [0.15, 0.2) is 6.61 Å². The number of nitrogens with one attached hydrogen (secondary N) is 3. The molecule has 0 radical (unpaired) electrons. The first kappa shape index (κ1) is 39.8. The van der Waals surface area contributed by atoms with Crippen LogP contribution in [0.25, 0.3) is 32.7 Å². The van der Waals surface area contributed by atoms with Gasteiger partial charge in [-0.05, 0) is 70.3 Å². The SMILES string of the molecule is C=CCOc1ccc2ccccc2c1-c1c(OCC(=O)N[C@H](CCCN=C(N)NCl)C(=O)Nc2cccc(C(=O)OCc3ccccc3)c2)ccc2ccccc12. The maximum Gasteiger partial charge on any atom is 0.338 e. The molecule has 0 saturated heterocycles. The second kappa shape index (κ2) is 19.7. The predicted octanol–water partition coefficient (Wildman–Crippen LogP) is 7.92. The Kier molecular flexibility index (Phi) is 13.7. The van der Waals surface area contributed by atoms with Gasteiger partial charge in [-0.2, -0.15) is 0 Å². The van der Waals surface area contributed by atoms with E-state index >= 15 is 0 Å². The van der Waals surface area contributed by atoms with Crippen molar-refractivity contribution in [2.24, 2.45) is 10.7 Å². The lowest BCUT2D eigenvalue weighted by Gasteiger charge is -2.21. The van der Waals surface area contributed by atoms with E-state index in [9.17, 15) is 14.4 Å². The first-order valence-corrected chi connectivity index (χ1v) is 18.7. The lowest BCUT2D eigenvalue weighted by atomic mass is 9.92. The van der Waals surface area contributed by atoms with Gasteiger partial charge in [0.25, 0.3) is 5.91 Å². The van der Waals surface area contributed by atoms with Crippen LogP contribution in [-0.4, -0.2) is 49.5 Å². The van der Waals surface area contributed by atoms with E-state index in [1.807, 2.05) is 103 Å². The maximum absolute atomic E-state index is 13.7. The van der Waals surface area contributed by atoms with E-state index in [-0.39, 0.29) is 31.1 Å². The van der Waals surface area contributed by atoms with Crippen molar-refractivity contribution in [2.45, 2.75) is 25.5 Å². The molecule has 0 aliphatic heterocycles. The van der Waals surface area contributed by atoms with Crippen molar-refractivity contribution >= 4 is 62.8 Å². The number of hydrogen-bond acceptors (Lipinski definition) is 7. The molecule has 0 fully saturated rings. The normalized spacial score (nSPS) is 11.7. The summed E-state index contributed by atoms with van der Waals surface area (Å²) in [4.78, 5) is 46.6. The number of nitrogens with two attached hydrogens (primary N) is 1. The molecule has 57 heavy (non-hydrogen) atoms. The number of aliphatic imine (C=N–C) groups is 1. The Balaban J connectivity index is 1.22. The van der Waals surface area contributed by atoms with Gasteiger partial charge in [-0.1, -0.05) is 110 Å². The van der Waals surface area contributed by atoms with Gasteiger partial charge in [-0.3, -0.25) is 19.4 Å². The van der Waals surface area contributed by atoms with Crippen molar-refractivity contribution in [3.8, 4) is 22.6 Å². The molecule has 12 heteroatoms. The molecule has 6 aromatic carbocycles. The summed E-state index contributed by atoms with van der Waals surface area (Å²) in [5, 5.41) is 9.49. The number of hydrogen-bond donors (Lipinski definition) is 4. The summed E-state index contributed by atoms with van der Waals surface area (Å²) in [6, 6.07) is 38.3. The van der Waals surface area contributed by atoms with E-state index in [0.717, 1.165) is 38.2 Å². The largest absolute Gasteiger partial charge is 0.489 e. The first-order valence-electron chi connectivity index (χ1n) is 18.3. The van der Waals surface area contributed by atoms with E-state index in [2.05, 4.69) is 27.0 Å². The van der Waals surface area contributed by atoms with Crippen LogP contribution in [0.15, 0.2) is 145 Å². The molecule has 0 aliphatic rings. The molecule has 290 valence electrons. The molecule has 5 N–H and O–H groups in total. The number of carbonyl (C=O) groups excluding carboxylic acids is 3. The van der Waals surface area contributed by atoms with Gasteiger partial charge in [0, 0.05) is 35.1 Å². The Hall–Kier alpha value is -6.85. The van der Waals surface area contributed by atoms with Crippen molar-refractivity contribution in [3.63, 3.8) is 0 Å². The molecule has 6 rings (SSSR count). The van der Waals surface area contributed by atoms with Crippen molar-refractivity contribution < 1.29 is 28.6 Å². The number of guanidine groups is 1. The number of halogens is 1. The number of rotatable bonds is 17. The highest BCUT2D eigenvalue weighted by atomic mass is 35.5. The average molecular weight is 784 g/mol. The van der Waals surface area contributed by atoms with E-state index in [1.165, 1.54) is 6.07 Å². The van der Waals surface area contributed by atoms with Gasteiger partial charge in [0.05, 0.1) is 5.56 Å². The van der Waals surface area contributed by atoms with Gasteiger partial charge >= 0.3 is 5.97 Å². The molecule has 0 saturated carbocycles. The Morgan fingerprint density at radius 1 is 0.789 bits per heavy atom. The van der Waals surface area contributed by atoms with Crippen LogP contribution in [-0.2, 0) is 20.9 Å². The summed E-state index contributed by atoms with van der Waals surface area (Å²) in [6.07, 6.45) is 2.27. The summed E-state index contributed by atoms with van der Waals surface area (Å²) < 4.78 is 17.9. The van der Waals surface area contributed by atoms with E-state index in [4.69, 9.17) is 31.7 Å². The van der Waals surface area contributed by atoms with Crippen LogP contribution >= 0.6 is 11.8 Å². The molecule has 6 aromatic rings. The molecule has 11 nitrogen and oxygen atoms in total. The topological polar surface area (TPSA) is 153 Å². The van der Waals surface area contributed by atoms with Crippen molar-refractivity contribution in [3.05, 3.63) is 151 Å². The summed E-state index contributed by atoms with van der Waals surface area (Å²) in [7, 11) is 0. The van der Waals surface area contributed by atoms with Crippen molar-refractivity contribution in [2.75, 3.05) is 25.1 Å². The average Bonchev–Trinajstić information content (AvgIpc) is 3.25. The number of amides is 2. The number of nitrogens with zero attached hydrogens (tertiary/aromatic N) is 1. The first-order chi connectivity index (χ1) is 27.8. The smallest absolute Gasteiger partial charge is 0.338 e. The zero-order chi connectivity index (χ0) is 40.0. The number of esters is 1. The van der Waals surface area contributed by atoms with Crippen molar-refractivity contribution in [1.29, 1.82) is 0 Å².